The molecule has 2 nitrogen and oxygen atoms in total. The Balaban J connectivity index is 2.50. The summed E-state index contributed by atoms with van der Waals surface area (Å²) in [5.41, 5.74) is 5.01. The van der Waals surface area contributed by atoms with Crippen molar-refractivity contribution in [3.05, 3.63) is 57.6 Å². The molecule has 0 amide bonds. The zero-order chi connectivity index (χ0) is 14.7. The van der Waals surface area contributed by atoms with Gasteiger partial charge in [0.25, 0.3) is 0 Å². The van der Waals surface area contributed by atoms with Crippen molar-refractivity contribution in [1.82, 2.24) is 0 Å². The average Bonchev–Trinajstić information content (AvgIpc) is 2.41. The number of para-hydroxylation sites is 1. The minimum Gasteiger partial charge on any atom is -0.354 e. The molecule has 102 valence electrons. The fourth-order valence-corrected chi connectivity index (χ4v) is 2.56. The van der Waals surface area contributed by atoms with Crippen molar-refractivity contribution in [3.63, 3.8) is 0 Å². The van der Waals surface area contributed by atoms with Crippen LogP contribution in [-0.4, -0.2) is 0 Å². The van der Waals surface area contributed by atoms with E-state index in [2.05, 4.69) is 66.3 Å². The number of hydrogen-bond donors (Lipinski definition) is 1. The molecular weight excluding hydrogens is 312 g/mol. The number of nitrogens with zero attached hydrogens (tertiary/aromatic N) is 1. The Morgan fingerprint density at radius 1 is 1.20 bits per heavy atom. The SMILES string of the molecule is Cc1cccc(C(C)C)c1Nc1cc(Br)ccc1C#N. The maximum absolute atomic E-state index is 9.23. The monoisotopic (exact) mass is 328 g/mol. The minimum atomic E-state index is 0.426. The van der Waals surface area contributed by atoms with Crippen molar-refractivity contribution >= 4 is 27.3 Å². The van der Waals surface area contributed by atoms with E-state index in [0.717, 1.165) is 15.8 Å². The molecule has 2 rings (SSSR count). The Labute approximate surface area is 128 Å². The van der Waals surface area contributed by atoms with Crippen molar-refractivity contribution in [2.75, 3.05) is 5.32 Å². The predicted octanol–water partition coefficient (Wildman–Crippen LogP) is 5.50. The summed E-state index contributed by atoms with van der Waals surface area (Å²) in [6.07, 6.45) is 0. The molecule has 0 atom stereocenters. The van der Waals surface area contributed by atoms with Gasteiger partial charge in [-0.15, -0.1) is 0 Å². The van der Waals surface area contributed by atoms with E-state index in [0.29, 0.717) is 11.5 Å². The number of anilines is 2. The van der Waals surface area contributed by atoms with Gasteiger partial charge in [-0.3, -0.25) is 0 Å². The number of nitrogens with one attached hydrogen (secondary N) is 1. The maximum Gasteiger partial charge on any atom is 0.101 e. The van der Waals surface area contributed by atoms with E-state index in [1.165, 1.54) is 11.1 Å². The highest BCUT2D eigenvalue weighted by Gasteiger charge is 2.11. The summed E-state index contributed by atoms with van der Waals surface area (Å²) in [7, 11) is 0. The van der Waals surface area contributed by atoms with Crippen molar-refractivity contribution in [1.29, 1.82) is 5.26 Å². The summed E-state index contributed by atoms with van der Waals surface area (Å²) in [5, 5.41) is 12.7. The van der Waals surface area contributed by atoms with Gasteiger partial charge >= 0.3 is 0 Å². The molecule has 0 fully saturated rings. The Bertz CT molecular complexity index is 669. The first-order chi connectivity index (χ1) is 9.52. The molecule has 0 radical (unpaired) electrons. The van der Waals surface area contributed by atoms with Crippen LogP contribution in [-0.2, 0) is 0 Å². The Kier molecular flexibility index (Phi) is 4.46. The first-order valence-electron chi connectivity index (χ1n) is 6.59. The molecular formula is C17H17BrN2. The number of nitriles is 1. The molecule has 0 spiro atoms. The molecule has 0 heterocycles. The van der Waals surface area contributed by atoms with Gasteiger partial charge in [0.05, 0.1) is 11.3 Å². The molecule has 0 saturated carbocycles. The molecule has 0 aliphatic rings. The van der Waals surface area contributed by atoms with Crippen LogP contribution >= 0.6 is 15.9 Å². The van der Waals surface area contributed by atoms with E-state index in [1.54, 1.807) is 0 Å². The molecule has 1 N–H and O–H groups in total. The lowest BCUT2D eigenvalue weighted by atomic mass is 9.98. The van der Waals surface area contributed by atoms with Crippen molar-refractivity contribution in [2.45, 2.75) is 26.7 Å². The van der Waals surface area contributed by atoms with Crippen LogP contribution in [0.5, 0.6) is 0 Å². The number of hydrogen-bond acceptors (Lipinski definition) is 2. The molecule has 0 bridgehead atoms. The normalized spacial score (nSPS) is 10.4. The van der Waals surface area contributed by atoms with Gasteiger partial charge < -0.3 is 5.32 Å². The molecule has 0 saturated heterocycles. The molecule has 20 heavy (non-hydrogen) atoms. The Hall–Kier alpha value is -1.79. The second-order valence-electron chi connectivity index (χ2n) is 5.12. The molecule has 2 aromatic rings. The van der Waals surface area contributed by atoms with E-state index in [4.69, 9.17) is 0 Å². The van der Waals surface area contributed by atoms with Gasteiger partial charge in [-0.05, 0) is 42.2 Å². The molecule has 0 aliphatic carbocycles. The summed E-state index contributed by atoms with van der Waals surface area (Å²) in [6.45, 7) is 6.43. The second-order valence-corrected chi connectivity index (χ2v) is 6.04. The topological polar surface area (TPSA) is 35.8 Å². The van der Waals surface area contributed by atoms with Gasteiger partial charge in [-0.25, -0.2) is 0 Å². The van der Waals surface area contributed by atoms with Crippen LogP contribution in [0.25, 0.3) is 0 Å². The molecule has 0 aromatic heterocycles. The summed E-state index contributed by atoms with van der Waals surface area (Å²) < 4.78 is 0.957. The van der Waals surface area contributed by atoms with Crippen molar-refractivity contribution in [3.8, 4) is 6.07 Å². The Morgan fingerprint density at radius 2 is 1.95 bits per heavy atom. The van der Waals surface area contributed by atoms with Crippen LogP contribution in [0.4, 0.5) is 11.4 Å². The van der Waals surface area contributed by atoms with Gasteiger partial charge in [-0.1, -0.05) is 48.0 Å². The van der Waals surface area contributed by atoms with Crippen molar-refractivity contribution < 1.29 is 0 Å². The van der Waals surface area contributed by atoms with Gasteiger partial charge in [0, 0.05) is 10.2 Å². The third kappa shape index (κ3) is 3.02. The fourth-order valence-electron chi connectivity index (χ4n) is 2.19. The average molecular weight is 329 g/mol. The fraction of sp³-hybridized carbons (Fsp3) is 0.235. The van der Waals surface area contributed by atoms with Crippen LogP contribution in [0.2, 0.25) is 0 Å². The van der Waals surface area contributed by atoms with Crippen LogP contribution < -0.4 is 5.32 Å². The number of aryl methyl sites for hydroxylation is 1. The first-order valence-corrected chi connectivity index (χ1v) is 7.38. The smallest absolute Gasteiger partial charge is 0.101 e. The highest BCUT2D eigenvalue weighted by atomic mass is 79.9. The summed E-state index contributed by atoms with van der Waals surface area (Å²) in [6, 6.07) is 14.1. The lowest BCUT2D eigenvalue weighted by molar-refractivity contribution is 0.867. The standard InChI is InChI=1S/C17H17BrN2/c1-11(2)15-6-4-5-12(3)17(15)20-16-9-14(18)8-7-13(16)10-19/h4-9,11,20H,1-3H3. The van der Waals surface area contributed by atoms with Gasteiger partial charge in [0.15, 0.2) is 0 Å². The van der Waals surface area contributed by atoms with Gasteiger partial charge in [0.2, 0.25) is 0 Å². The third-order valence-electron chi connectivity index (χ3n) is 3.29. The summed E-state index contributed by atoms with van der Waals surface area (Å²) in [4.78, 5) is 0. The highest BCUT2D eigenvalue weighted by Crippen LogP contribution is 2.32. The van der Waals surface area contributed by atoms with E-state index in [1.807, 2.05) is 18.2 Å². The summed E-state index contributed by atoms with van der Waals surface area (Å²) in [5.74, 6) is 0.426. The lowest BCUT2D eigenvalue weighted by Gasteiger charge is -2.18. The third-order valence-corrected chi connectivity index (χ3v) is 3.78. The van der Waals surface area contributed by atoms with Crippen LogP contribution in [0.15, 0.2) is 40.9 Å². The van der Waals surface area contributed by atoms with Crippen LogP contribution in [0, 0.1) is 18.3 Å². The maximum atomic E-state index is 9.23. The van der Waals surface area contributed by atoms with Crippen molar-refractivity contribution in [2.24, 2.45) is 0 Å². The highest BCUT2D eigenvalue weighted by molar-refractivity contribution is 9.10. The first kappa shape index (κ1) is 14.6. The van der Waals surface area contributed by atoms with E-state index in [9.17, 15) is 5.26 Å². The van der Waals surface area contributed by atoms with Gasteiger partial charge in [0.1, 0.15) is 6.07 Å². The number of rotatable bonds is 3. The zero-order valence-corrected chi connectivity index (χ0v) is 13.5. The molecule has 0 aliphatic heterocycles. The summed E-state index contributed by atoms with van der Waals surface area (Å²) >= 11 is 3.46. The van der Waals surface area contributed by atoms with Gasteiger partial charge in [-0.2, -0.15) is 5.26 Å². The molecule has 2 aromatic carbocycles. The number of halogens is 1. The van der Waals surface area contributed by atoms with Crippen LogP contribution in [0.1, 0.15) is 36.5 Å². The zero-order valence-electron chi connectivity index (χ0n) is 11.9. The largest absolute Gasteiger partial charge is 0.354 e. The molecule has 3 heteroatoms. The minimum absolute atomic E-state index is 0.426. The van der Waals surface area contributed by atoms with Crippen LogP contribution in [0.3, 0.4) is 0 Å². The number of benzene rings is 2. The second kappa shape index (κ2) is 6.11. The molecule has 0 unspecified atom stereocenters. The Morgan fingerprint density at radius 3 is 2.60 bits per heavy atom. The van der Waals surface area contributed by atoms with E-state index >= 15 is 0 Å². The lowest BCUT2D eigenvalue weighted by Crippen LogP contribution is -2.01. The predicted molar refractivity (Wildman–Crippen MR) is 87.4 cm³/mol. The van der Waals surface area contributed by atoms with E-state index < -0.39 is 0 Å². The van der Waals surface area contributed by atoms with E-state index in [-0.39, 0.29) is 0 Å². The quantitative estimate of drug-likeness (QED) is 0.807.